The molecule has 6 aromatic rings. The second kappa shape index (κ2) is 12.8. The minimum Gasteiger partial charge on any atom is -0.507 e. The van der Waals surface area contributed by atoms with E-state index in [4.69, 9.17) is 19.4 Å². The average molecular weight is 588 g/mol. The van der Waals surface area contributed by atoms with Crippen LogP contribution in [0, 0.1) is 5.92 Å². The summed E-state index contributed by atoms with van der Waals surface area (Å²) in [6.07, 6.45) is 4.28. The highest BCUT2D eigenvalue weighted by Gasteiger charge is 2.21. The molecule has 0 aliphatic heterocycles. The second-order valence-corrected chi connectivity index (χ2v) is 11.1. The molecule has 0 saturated heterocycles. The van der Waals surface area contributed by atoms with Crippen LogP contribution in [-0.4, -0.2) is 38.4 Å². The third-order valence-corrected chi connectivity index (χ3v) is 8.22. The smallest absolute Gasteiger partial charge is 0.320 e. The Kier molecular flexibility index (Phi) is 8.46. The molecular weight excluding hydrogens is 550 g/mol. The standard InChI is InChI=1S/C37H37N3O4/c1-4-7-12-23(5-2)22-44-37-39-35(38-36(40-37)34-32(41)19-25(43-6-3)20-33(34)42)31-21-30-26-14-9-8-13-24(26)17-18-29(30)27-15-10-11-16-28(27)31/h8-11,13-21,23,41-42H,4-7,12,22H2,1-3H3. The SMILES string of the molecule is CCCCC(CC)COc1nc(-c2c(O)cc(OCC)cc2O)nc(-c2cc3c4ccccc4ccc3c3ccccc23)n1. The monoisotopic (exact) mass is 587 g/mol. The van der Waals surface area contributed by atoms with E-state index in [1.165, 1.54) is 12.1 Å². The number of rotatable bonds is 11. The zero-order chi connectivity index (χ0) is 30.6. The highest BCUT2D eigenvalue weighted by Crippen LogP contribution is 2.41. The molecule has 0 radical (unpaired) electrons. The lowest BCUT2D eigenvalue weighted by atomic mass is 9.93. The van der Waals surface area contributed by atoms with Crippen LogP contribution in [-0.2, 0) is 0 Å². The van der Waals surface area contributed by atoms with E-state index in [9.17, 15) is 10.2 Å². The molecule has 0 spiro atoms. The van der Waals surface area contributed by atoms with Crippen LogP contribution in [0.3, 0.4) is 0 Å². The summed E-state index contributed by atoms with van der Waals surface area (Å²) < 4.78 is 11.8. The van der Waals surface area contributed by atoms with Crippen LogP contribution in [0.1, 0.15) is 46.5 Å². The van der Waals surface area contributed by atoms with Gasteiger partial charge in [0, 0.05) is 17.7 Å². The number of hydrogen-bond acceptors (Lipinski definition) is 7. The fourth-order valence-corrected chi connectivity index (χ4v) is 5.86. The number of aromatic nitrogens is 3. The maximum atomic E-state index is 11.0. The molecule has 0 saturated carbocycles. The molecule has 0 aliphatic carbocycles. The molecule has 0 fully saturated rings. The fraction of sp³-hybridized carbons (Fsp3) is 0.270. The maximum Gasteiger partial charge on any atom is 0.320 e. The predicted octanol–water partition coefficient (Wildman–Crippen LogP) is 9.07. The lowest BCUT2D eigenvalue weighted by Crippen LogP contribution is -2.13. The zero-order valence-electron chi connectivity index (χ0n) is 25.4. The van der Waals surface area contributed by atoms with Gasteiger partial charge in [0.05, 0.1) is 13.2 Å². The van der Waals surface area contributed by atoms with Gasteiger partial charge in [-0.3, -0.25) is 0 Å². The Balaban J connectivity index is 1.57. The van der Waals surface area contributed by atoms with Gasteiger partial charge in [0.25, 0.3) is 0 Å². The third-order valence-electron chi connectivity index (χ3n) is 8.22. The first-order chi connectivity index (χ1) is 21.5. The molecule has 0 aliphatic rings. The number of phenols is 2. The van der Waals surface area contributed by atoms with Crippen LogP contribution in [0.5, 0.6) is 23.3 Å². The van der Waals surface area contributed by atoms with Crippen LogP contribution >= 0.6 is 0 Å². The average Bonchev–Trinajstić information content (AvgIpc) is 3.04. The molecule has 2 N–H and O–H groups in total. The van der Waals surface area contributed by atoms with Gasteiger partial charge in [-0.2, -0.15) is 9.97 Å². The number of ether oxygens (including phenoxy) is 2. The van der Waals surface area contributed by atoms with E-state index in [2.05, 4.69) is 61.3 Å². The summed E-state index contributed by atoms with van der Waals surface area (Å²) in [5.41, 5.74) is 0.899. The molecule has 44 heavy (non-hydrogen) atoms. The van der Waals surface area contributed by atoms with Gasteiger partial charge < -0.3 is 19.7 Å². The van der Waals surface area contributed by atoms with Crippen molar-refractivity contribution in [3.8, 4) is 46.0 Å². The second-order valence-electron chi connectivity index (χ2n) is 11.1. The van der Waals surface area contributed by atoms with Crippen LogP contribution in [0.4, 0.5) is 0 Å². The van der Waals surface area contributed by atoms with Crippen molar-refractivity contribution in [3.05, 3.63) is 78.9 Å². The van der Waals surface area contributed by atoms with Gasteiger partial charge >= 0.3 is 6.01 Å². The number of hydrogen-bond donors (Lipinski definition) is 2. The molecule has 224 valence electrons. The number of fused-ring (bicyclic) bond motifs is 5. The third kappa shape index (κ3) is 5.70. The highest BCUT2D eigenvalue weighted by atomic mass is 16.5. The van der Waals surface area contributed by atoms with Crippen molar-refractivity contribution >= 4 is 32.3 Å². The molecule has 7 heteroatoms. The normalized spacial score (nSPS) is 12.2. The highest BCUT2D eigenvalue weighted by molar-refractivity contribution is 6.20. The molecular formula is C37H37N3O4. The topological polar surface area (TPSA) is 97.6 Å². The Morgan fingerprint density at radius 2 is 1.36 bits per heavy atom. The van der Waals surface area contributed by atoms with E-state index in [0.717, 1.165) is 63.6 Å². The first-order valence-corrected chi connectivity index (χ1v) is 15.4. The van der Waals surface area contributed by atoms with Crippen molar-refractivity contribution in [3.63, 3.8) is 0 Å². The summed E-state index contributed by atoms with van der Waals surface area (Å²) in [6, 6.07) is 26.0. The van der Waals surface area contributed by atoms with Crippen LogP contribution in [0.15, 0.2) is 78.9 Å². The van der Waals surface area contributed by atoms with Gasteiger partial charge in [0.2, 0.25) is 0 Å². The summed E-state index contributed by atoms with van der Waals surface area (Å²) in [7, 11) is 0. The molecule has 6 rings (SSSR count). The number of aromatic hydroxyl groups is 2. The summed E-state index contributed by atoms with van der Waals surface area (Å²) in [5.74, 6) is 0.836. The quantitative estimate of drug-likeness (QED) is 0.146. The predicted molar refractivity (Wildman–Crippen MR) is 177 cm³/mol. The van der Waals surface area contributed by atoms with Gasteiger partial charge in [-0.05, 0) is 57.6 Å². The minimum atomic E-state index is -0.194. The van der Waals surface area contributed by atoms with E-state index in [-0.39, 0.29) is 28.9 Å². The molecule has 5 aromatic carbocycles. The molecule has 1 heterocycles. The summed E-state index contributed by atoms with van der Waals surface area (Å²) in [5, 5.41) is 28.6. The Bertz CT molecular complexity index is 1930. The van der Waals surface area contributed by atoms with Crippen molar-refractivity contribution in [1.29, 1.82) is 0 Å². The van der Waals surface area contributed by atoms with E-state index in [0.29, 0.717) is 30.7 Å². The van der Waals surface area contributed by atoms with Crippen molar-refractivity contribution < 1.29 is 19.7 Å². The van der Waals surface area contributed by atoms with Crippen molar-refractivity contribution in [2.75, 3.05) is 13.2 Å². The number of phenolic OH excluding ortho intramolecular Hbond substituents is 2. The number of unbranched alkanes of at least 4 members (excludes halogenated alkanes) is 1. The summed E-state index contributed by atoms with van der Waals surface area (Å²) in [6.45, 7) is 7.04. The Morgan fingerprint density at radius 3 is 2.09 bits per heavy atom. The van der Waals surface area contributed by atoms with E-state index >= 15 is 0 Å². The Morgan fingerprint density at radius 1 is 0.682 bits per heavy atom. The van der Waals surface area contributed by atoms with E-state index < -0.39 is 0 Å². The molecule has 1 unspecified atom stereocenters. The van der Waals surface area contributed by atoms with Gasteiger partial charge in [-0.25, -0.2) is 4.98 Å². The maximum absolute atomic E-state index is 11.0. The minimum absolute atomic E-state index is 0.0931. The molecule has 1 aromatic heterocycles. The van der Waals surface area contributed by atoms with Crippen molar-refractivity contribution in [2.45, 2.75) is 46.5 Å². The van der Waals surface area contributed by atoms with Crippen LogP contribution in [0.25, 0.3) is 55.1 Å². The number of benzene rings is 5. The van der Waals surface area contributed by atoms with Gasteiger partial charge in [-0.15, -0.1) is 0 Å². The van der Waals surface area contributed by atoms with Gasteiger partial charge in [0.1, 0.15) is 22.8 Å². The fourth-order valence-electron chi connectivity index (χ4n) is 5.86. The largest absolute Gasteiger partial charge is 0.507 e. The summed E-state index contributed by atoms with van der Waals surface area (Å²) in [4.78, 5) is 14.3. The van der Waals surface area contributed by atoms with Crippen molar-refractivity contribution in [1.82, 2.24) is 15.0 Å². The summed E-state index contributed by atoms with van der Waals surface area (Å²) >= 11 is 0. The number of nitrogens with zero attached hydrogens (tertiary/aromatic N) is 3. The zero-order valence-corrected chi connectivity index (χ0v) is 25.4. The first kappa shape index (κ1) is 29.2. The molecule has 7 nitrogen and oxygen atoms in total. The molecule has 0 amide bonds. The Labute approximate surface area is 257 Å². The van der Waals surface area contributed by atoms with E-state index in [1.54, 1.807) is 0 Å². The lowest BCUT2D eigenvalue weighted by molar-refractivity contribution is 0.217. The Hall–Kier alpha value is -4.91. The molecule has 1 atom stereocenters. The van der Waals surface area contributed by atoms with Crippen molar-refractivity contribution in [2.24, 2.45) is 5.92 Å². The van der Waals surface area contributed by atoms with Crippen LogP contribution in [0.2, 0.25) is 0 Å². The van der Waals surface area contributed by atoms with Gasteiger partial charge in [-0.1, -0.05) is 93.8 Å². The van der Waals surface area contributed by atoms with Crippen LogP contribution < -0.4 is 9.47 Å². The molecule has 0 bridgehead atoms. The van der Waals surface area contributed by atoms with Gasteiger partial charge in [0.15, 0.2) is 11.6 Å². The first-order valence-electron chi connectivity index (χ1n) is 15.4. The van der Waals surface area contributed by atoms with E-state index in [1.807, 2.05) is 31.2 Å². The lowest BCUT2D eigenvalue weighted by Gasteiger charge is -2.17.